The molecule has 0 fully saturated rings. The van der Waals surface area contributed by atoms with Crippen LogP contribution in [0.1, 0.15) is 18.5 Å². The largest absolute Gasteiger partial charge is 0.326 e. The van der Waals surface area contributed by atoms with Gasteiger partial charge in [-0.2, -0.15) is 0 Å². The van der Waals surface area contributed by atoms with Crippen LogP contribution in [0.3, 0.4) is 0 Å². The summed E-state index contributed by atoms with van der Waals surface area (Å²) in [6.07, 6.45) is 1.12. The van der Waals surface area contributed by atoms with Crippen molar-refractivity contribution in [2.45, 2.75) is 17.9 Å². The molecule has 0 saturated carbocycles. The van der Waals surface area contributed by atoms with Crippen LogP contribution in [-0.2, 0) is 10.0 Å². The van der Waals surface area contributed by atoms with Crippen molar-refractivity contribution in [1.29, 1.82) is 0 Å². The molecule has 0 bridgehead atoms. The fourth-order valence-corrected chi connectivity index (χ4v) is 3.16. The van der Waals surface area contributed by atoms with Gasteiger partial charge in [-0.1, -0.05) is 41.9 Å². The van der Waals surface area contributed by atoms with E-state index < -0.39 is 21.6 Å². The van der Waals surface area contributed by atoms with Crippen molar-refractivity contribution in [3.05, 3.63) is 63.5 Å². The zero-order valence-electron chi connectivity index (χ0n) is 10.6. The van der Waals surface area contributed by atoms with E-state index in [4.69, 9.17) is 11.6 Å². The zero-order valence-corrected chi connectivity index (χ0v) is 12.2. The highest BCUT2D eigenvalue weighted by Crippen LogP contribution is 2.17. The van der Waals surface area contributed by atoms with Crippen molar-refractivity contribution in [3.8, 4) is 0 Å². The van der Waals surface area contributed by atoms with Crippen molar-refractivity contribution in [3.63, 3.8) is 0 Å². The minimum Gasteiger partial charge on any atom is -0.326 e. The summed E-state index contributed by atoms with van der Waals surface area (Å²) in [4.78, 5) is 13.3. The molecule has 0 saturated heterocycles. The third-order valence-corrected chi connectivity index (χ3v) is 4.57. The number of rotatable bonds is 4. The second kappa shape index (κ2) is 5.78. The van der Waals surface area contributed by atoms with Crippen molar-refractivity contribution in [1.82, 2.24) is 9.71 Å². The summed E-state index contributed by atoms with van der Waals surface area (Å²) >= 11 is 5.64. The molecule has 2 rings (SSSR count). The molecular formula is C13H13ClN2O3S. The summed E-state index contributed by atoms with van der Waals surface area (Å²) in [6.45, 7) is 1.74. The first-order valence-corrected chi connectivity index (χ1v) is 7.72. The van der Waals surface area contributed by atoms with Crippen LogP contribution in [0.25, 0.3) is 0 Å². The Hall–Kier alpha value is -1.63. The number of hydrogen-bond donors (Lipinski definition) is 2. The Morgan fingerprint density at radius 3 is 2.50 bits per heavy atom. The van der Waals surface area contributed by atoms with E-state index in [2.05, 4.69) is 9.71 Å². The molecular weight excluding hydrogens is 300 g/mol. The highest BCUT2D eigenvalue weighted by Gasteiger charge is 2.19. The van der Waals surface area contributed by atoms with Gasteiger partial charge in [0.1, 0.15) is 5.02 Å². The first kappa shape index (κ1) is 14.8. The maximum Gasteiger partial charge on any atom is 0.266 e. The van der Waals surface area contributed by atoms with Gasteiger partial charge in [-0.05, 0) is 18.6 Å². The minimum absolute atomic E-state index is 0.0788. The summed E-state index contributed by atoms with van der Waals surface area (Å²) in [7, 11) is -3.75. The number of aromatic amines is 1. The fraction of sp³-hybridized carbons (Fsp3) is 0.154. The van der Waals surface area contributed by atoms with Crippen LogP contribution in [0, 0.1) is 0 Å². The number of nitrogens with one attached hydrogen (secondary N) is 2. The van der Waals surface area contributed by atoms with Crippen LogP contribution in [0.15, 0.2) is 52.3 Å². The Morgan fingerprint density at radius 1 is 1.25 bits per heavy atom. The Bertz CT molecular complexity index is 757. The summed E-state index contributed by atoms with van der Waals surface area (Å²) < 4.78 is 26.9. The number of benzene rings is 1. The van der Waals surface area contributed by atoms with E-state index in [1.54, 1.807) is 6.92 Å². The molecule has 5 nitrogen and oxygen atoms in total. The highest BCUT2D eigenvalue weighted by atomic mass is 35.5. The normalized spacial score (nSPS) is 13.1. The molecule has 0 radical (unpaired) electrons. The molecule has 7 heteroatoms. The Balaban J connectivity index is 2.27. The van der Waals surface area contributed by atoms with Crippen LogP contribution in [0.4, 0.5) is 0 Å². The molecule has 0 amide bonds. The van der Waals surface area contributed by atoms with Crippen LogP contribution < -0.4 is 10.3 Å². The second-order valence-corrected chi connectivity index (χ2v) is 6.39. The fourth-order valence-electron chi connectivity index (χ4n) is 1.70. The van der Waals surface area contributed by atoms with Gasteiger partial charge in [0, 0.05) is 12.2 Å². The van der Waals surface area contributed by atoms with Gasteiger partial charge in [0.05, 0.1) is 4.90 Å². The van der Waals surface area contributed by atoms with Crippen molar-refractivity contribution in [2.75, 3.05) is 0 Å². The Morgan fingerprint density at radius 2 is 1.90 bits per heavy atom. The zero-order chi connectivity index (χ0) is 14.8. The van der Waals surface area contributed by atoms with Gasteiger partial charge >= 0.3 is 0 Å². The lowest BCUT2D eigenvalue weighted by molar-refractivity contribution is 0.566. The average molecular weight is 313 g/mol. The van der Waals surface area contributed by atoms with Crippen LogP contribution in [0.5, 0.6) is 0 Å². The maximum absolute atomic E-state index is 12.2. The molecule has 0 spiro atoms. The topological polar surface area (TPSA) is 79.0 Å². The number of halogens is 1. The van der Waals surface area contributed by atoms with E-state index in [9.17, 15) is 13.2 Å². The monoisotopic (exact) mass is 312 g/mol. The van der Waals surface area contributed by atoms with Gasteiger partial charge in [-0.25, -0.2) is 13.1 Å². The Kier molecular flexibility index (Phi) is 4.27. The smallest absolute Gasteiger partial charge is 0.266 e. The molecule has 1 heterocycles. The predicted molar refractivity (Wildman–Crippen MR) is 77.3 cm³/mol. The maximum atomic E-state index is 12.2. The van der Waals surface area contributed by atoms with E-state index in [0.29, 0.717) is 0 Å². The van der Waals surface area contributed by atoms with Crippen molar-refractivity contribution < 1.29 is 8.42 Å². The third-order valence-electron chi connectivity index (χ3n) is 2.77. The molecule has 0 unspecified atom stereocenters. The van der Waals surface area contributed by atoms with E-state index in [1.165, 1.54) is 0 Å². The first-order chi connectivity index (χ1) is 9.40. The molecule has 1 aromatic carbocycles. The molecule has 0 aliphatic carbocycles. The van der Waals surface area contributed by atoms with Gasteiger partial charge in [-0.15, -0.1) is 0 Å². The standard InChI is InChI=1S/C13H13ClN2O3S/c1-9(10-5-3-2-4-6-10)16-20(18,19)11-7-12(14)13(17)15-8-11/h2-9,16H,1H3,(H,15,17)/t9-/m1/s1. The molecule has 1 atom stereocenters. The number of hydrogen-bond acceptors (Lipinski definition) is 3. The lowest BCUT2D eigenvalue weighted by Gasteiger charge is -2.14. The summed E-state index contributed by atoms with van der Waals surface area (Å²) in [5.74, 6) is 0. The van der Waals surface area contributed by atoms with E-state index in [1.807, 2.05) is 30.3 Å². The van der Waals surface area contributed by atoms with Crippen molar-refractivity contribution >= 4 is 21.6 Å². The average Bonchev–Trinajstić information content (AvgIpc) is 2.42. The van der Waals surface area contributed by atoms with Gasteiger partial charge in [-0.3, -0.25) is 4.79 Å². The molecule has 2 aromatic rings. The SMILES string of the molecule is C[C@@H](NS(=O)(=O)c1c[nH]c(=O)c(Cl)c1)c1ccccc1. The number of sulfonamides is 1. The van der Waals surface area contributed by atoms with Gasteiger partial charge < -0.3 is 4.98 Å². The third kappa shape index (κ3) is 3.27. The van der Waals surface area contributed by atoms with Crippen LogP contribution in [0.2, 0.25) is 5.02 Å². The summed E-state index contributed by atoms with van der Waals surface area (Å²) in [6, 6.07) is 9.90. The molecule has 106 valence electrons. The number of pyridine rings is 1. The second-order valence-electron chi connectivity index (χ2n) is 4.27. The minimum atomic E-state index is -3.75. The van der Waals surface area contributed by atoms with Gasteiger partial charge in [0.2, 0.25) is 10.0 Å². The van der Waals surface area contributed by atoms with Crippen molar-refractivity contribution in [2.24, 2.45) is 0 Å². The molecule has 0 aliphatic rings. The number of aromatic nitrogens is 1. The molecule has 0 aliphatic heterocycles. The lowest BCUT2D eigenvalue weighted by atomic mass is 10.1. The first-order valence-electron chi connectivity index (χ1n) is 5.85. The predicted octanol–water partition coefficient (Wildman–Crippen LogP) is 2.07. The quantitative estimate of drug-likeness (QED) is 0.907. The van der Waals surface area contributed by atoms with Gasteiger partial charge in [0.15, 0.2) is 0 Å². The van der Waals surface area contributed by atoms with Crippen LogP contribution >= 0.6 is 11.6 Å². The van der Waals surface area contributed by atoms with E-state index in [-0.39, 0.29) is 9.92 Å². The summed E-state index contributed by atoms with van der Waals surface area (Å²) in [5.41, 5.74) is 0.313. The van der Waals surface area contributed by atoms with Crippen LogP contribution in [-0.4, -0.2) is 13.4 Å². The Labute approximate surface area is 121 Å². The molecule has 2 N–H and O–H groups in total. The van der Waals surface area contributed by atoms with E-state index in [0.717, 1.165) is 17.8 Å². The lowest BCUT2D eigenvalue weighted by Crippen LogP contribution is -2.27. The molecule has 20 heavy (non-hydrogen) atoms. The van der Waals surface area contributed by atoms with E-state index >= 15 is 0 Å². The molecule has 1 aromatic heterocycles. The van der Waals surface area contributed by atoms with Gasteiger partial charge in [0.25, 0.3) is 5.56 Å². The summed E-state index contributed by atoms with van der Waals surface area (Å²) in [5, 5.41) is -0.166. The highest BCUT2D eigenvalue weighted by molar-refractivity contribution is 7.89. The number of H-pyrrole nitrogens is 1.